The number of aromatic nitrogens is 1. The van der Waals surface area contributed by atoms with Gasteiger partial charge in [0.2, 0.25) is 0 Å². The Kier molecular flexibility index (Phi) is 3.32. The van der Waals surface area contributed by atoms with Gasteiger partial charge >= 0.3 is 0 Å². The van der Waals surface area contributed by atoms with Crippen molar-refractivity contribution in [3.8, 4) is 0 Å². The molecule has 2 heteroatoms. The third-order valence-corrected chi connectivity index (χ3v) is 2.37. The van der Waals surface area contributed by atoms with Crippen molar-refractivity contribution in [1.29, 1.82) is 0 Å². The van der Waals surface area contributed by atoms with Crippen molar-refractivity contribution >= 4 is 6.08 Å². The fourth-order valence-electron chi connectivity index (χ4n) is 1.23. The summed E-state index contributed by atoms with van der Waals surface area (Å²) in [5.41, 5.74) is 2.62. The Morgan fingerprint density at radius 2 is 2.31 bits per heavy atom. The summed E-state index contributed by atoms with van der Waals surface area (Å²) in [7, 11) is 4.02. The molecule has 13 heavy (non-hydrogen) atoms. The summed E-state index contributed by atoms with van der Waals surface area (Å²) in [6, 6.07) is 2.56. The van der Waals surface area contributed by atoms with Gasteiger partial charge in [-0.3, -0.25) is 0 Å². The lowest BCUT2D eigenvalue weighted by molar-refractivity contribution is 0.696. The summed E-state index contributed by atoms with van der Waals surface area (Å²) < 4.78 is 2.06. The summed E-state index contributed by atoms with van der Waals surface area (Å²) in [4.78, 5) is 0. The quantitative estimate of drug-likeness (QED) is 0.749. The molecule has 1 heterocycles. The number of nitrogens with zero attached hydrogens (tertiary/aromatic N) is 1. The van der Waals surface area contributed by atoms with Crippen LogP contribution in [0.15, 0.2) is 24.0 Å². The number of hydrogen-bond donors (Lipinski definition) is 1. The first-order valence-corrected chi connectivity index (χ1v) is 4.61. The number of rotatable bonds is 3. The first kappa shape index (κ1) is 10.1. The number of aryl methyl sites for hydroxylation is 1. The second kappa shape index (κ2) is 4.28. The first-order valence-electron chi connectivity index (χ1n) is 4.61. The zero-order valence-corrected chi connectivity index (χ0v) is 8.83. The molecule has 1 N–H and O–H groups in total. The van der Waals surface area contributed by atoms with Gasteiger partial charge in [0.1, 0.15) is 0 Å². The van der Waals surface area contributed by atoms with Crippen LogP contribution in [-0.2, 0) is 7.05 Å². The van der Waals surface area contributed by atoms with Gasteiger partial charge in [-0.1, -0.05) is 11.6 Å². The van der Waals surface area contributed by atoms with Gasteiger partial charge in [-0.15, -0.1) is 0 Å². The van der Waals surface area contributed by atoms with E-state index in [9.17, 15) is 0 Å². The van der Waals surface area contributed by atoms with Crippen molar-refractivity contribution in [3.63, 3.8) is 0 Å². The first-order chi connectivity index (χ1) is 6.13. The SMILES string of the molecule is CNC(C)/C(C)=C/c1ccn(C)c1. The molecule has 1 atom stereocenters. The lowest BCUT2D eigenvalue weighted by Gasteiger charge is -2.09. The highest BCUT2D eigenvalue weighted by Crippen LogP contribution is 2.09. The van der Waals surface area contributed by atoms with E-state index in [1.165, 1.54) is 11.1 Å². The topological polar surface area (TPSA) is 17.0 Å². The average Bonchev–Trinajstić information content (AvgIpc) is 2.49. The van der Waals surface area contributed by atoms with Crippen LogP contribution in [0.5, 0.6) is 0 Å². The van der Waals surface area contributed by atoms with Gasteiger partial charge in [0.05, 0.1) is 0 Å². The summed E-state index contributed by atoms with van der Waals surface area (Å²) >= 11 is 0. The van der Waals surface area contributed by atoms with Crippen LogP contribution in [0.1, 0.15) is 19.4 Å². The van der Waals surface area contributed by atoms with Crippen LogP contribution < -0.4 is 5.32 Å². The highest BCUT2D eigenvalue weighted by atomic mass is 14.9. The zero-order valence-electron chi connectivity index (χ0n) is 8.83. The van der Waals surface area contributed by atoms with E-state index in [0.29, 0.717) is 6.04 Å². The van der Waals surface area contributed by atoms with Crippen molar-refractivity contribution in [2.45, 2.75) is 19.9 Å². The molecular formula is C11H18N2. The largest absolute Gasteiger partial charge is 0.357 e. The van der Waals surface area contributed by atoms with Gasteiger partial charge in [-0.2, -0.15) is 0 Å². The van der Waals surface area contributed by atoms with Crippen LogP contribution in [0, 0.1) is 0 Å². The minimum Gasteiger partial charge on any atom is -0.357 e. The van der Waals surface area contributed by atoms with E-state index in [1.54, 1.807) is 0 Å². The van der Waals surface area contributed by atoms with E-state index >= 15 is 0 Å². The molecule has 1 rings (SSSR count). The third kappa shape index (κ3) is 2.74. The number of likely N-dealkylation sites (N-methyl/N-ethyl adjacent to an activating group) is 1. The molecule has 1 aromatic heterocycles. The van der Waals surface area contributed by atoms with Crippen LogP contribution >= 0.6 is 0 Å². The van der Waals surface area contributed by atoms with Gasteiger partial charge in [0, 0.05) is 25.5 Å². The van der Waals surface area contributed by atoms with Crippen LogP contribution in [-0.4, -0.2) is 17.7 Å². The van der Waals surface area contributed by atoms with E-state index < -0.39 is 0 Å². The van der Waals surface area contributed by atoms with E-state index in [1.807, 2.05) is 14.1 Å². The van der Waals surface area contributed by atoms with Gasteiger partial charge in [-0.25, -0.2) is 0 Å². The minimum absolute atomic E-state index is 0.445. The van der Waals surface area contributed by atoms with Gasteiger partial charge in [0.15, 0.2) is 0 Å². The Balaban J connectivity index is 2.76. The summed E-state index contributed by atoms with van der Waals surface area (Å²) in [5.74, 6) is 0. The molecule has 0 aliphatic heterocycles. The molecule has 2 nitrogen and oxygen atoms in total. The minimum atomic E-state index is 0.445. The lowest BCUT2D eigenvalue weighted by Crippen LogP contribution is -2.21. The summed E-state index contributed by atoms with van der Waals surface area (Å²) in [6.45, 7) is 4.31. The van der Waals surface area contributed by atoms with E-state index in [4.69, 9.17) is 0 Å². The van der Waals surface area contributed by atoms with Crippen LogP contribution in [0.4, 0.5) is 0 Å². The van der Waals surface area contributed by atoms with Crippen molar-refractivity contribution in [1.82, 2.24) is 9.88 Å². The molecule has 0 aliphatic rings. The lowest BCUT2D eigenvalue weighted by atomic mass is 10.1. The molecule has 1 aromatic rings. The molecule has 0 spiro atoms. The summed E-state index contributed by atoms with van der Waals surface area (Å²) in [5, 5.41) is 3.22. The molecule has 0 saturated carbocycles. The third-order valence-electron chi connectivity index (χ3n) is 2.37. The van der Waals surface area contributed by atoms with E-state index in [0.717, 1.165) is 0 Å². The highest BCUT2D eigenvalue weighted by molar-refractivity contribution is 5.52. The van der Waals surface area contributed by atoms with Crippen LogP contribution in [0.3, 0.4) is 0 Å². The van der Waals surface area contributed by atoms with E-state index in [-0.39, 0.29) is 0 Å². The van der Waals surface area contributed by atoms with Crippen molar-refractivity contribution < 1.29 is 0 Å². The number of nitrogens with one attached hydrogen (secondary N) is 1. The maximum Gasteiger partial charge on any atom is 0.0248 e. The Hall–Kier alpha value is -1.02. The van der Waals surface area contributed by atoms with Crippen molar-refractivity contribution in [3.05, 3.63) is 29.6 Å². The Bertz CT molecular complexity index is 297. The van der Waals surface area contributed by atoms with Gasteiger partial charge in [0.25, 0.3) is 0 Å². The second-order valence-electron chi connectivity index (χ2n) is 3.51. The van der Waals surface area contributed by atoms with Gasteiger partial charge in [-0.05, 0) is 32.5 Å². The molecule has 0 saturated heterocycles. The van der Waals surface area contributed by atoms with Crippen molar-refractivity contribution in [2.75, 3.05) is 7.05 Å². The Morgan fingerprint density at radius 1 is 1.62 bits per heavy atom. The summed E-state index contributed by atoms with van der Waals surface area (Å²) in [6.07, 6.45) is 6.39. The molecule has 0 bridgehead atoms. The molecule has 0 amide bonds. The van der Waals surface area contributed by atoms with E-state index in [2.05, 4.69) is 48.3 Å². The Labute approximate surface area is 80.3 Å². The molecule has 72 valence electrons. The maximum atomic E-state index is 3.22. The smallest absolute Gasteiger partial charge is 0.0248 e. The molecule has 0 fully saturated rings. The monoisotopic (exact) mass is 178 g/mol. The fourth-order valence-corrected chi connectivity index (χ4v) is 1.23. The van der Waals surface area contributed by atoms with Crippen LogP contribution in [0.2, 0.25) is 0 Å². The molecule has 1 unspecified atom stereocenters. The molecule has 0 aliphatic carbocycles. The highest BCUT2D eigenvalue weighted by Gasteiger charge is 2.00. The second-order valence-corrected chi connectivity index (χ2v) is 3.51. The van der Waals surface area contributed by atoms with Crippen molar-refractivity contribution in [2.24, 2.45) is 7.05 Å². The normalized spacial score (nSPS) is 14.6. The predicted molar refractivity (Wildman–Crippen MR) is 57.6 cm³/mol. The number of hydrogen-bond acceptors (Lipinski definition) is 1. The molecular weight excluding hydrogens is 160 g/mol. The van der Waals surface area contributed by atoms with Gasteiger partial charge < -0.3 is 9.88 Å². The standard InChI is InChI=1S/C11H18N2/c1-9(10(2)12-3)7-11-5-6-13(4)8-11/h5-8,10,12H,1-4H3/b9-7+. The zero-order chi connectivity index (χ0) is 9.84. The maximum absolute atomic E-state index is 3.22. The van der Waals surface area contributed by atoms with Crippen LogP contribution in [0.25, 0.3) is 6.08 Å². The average molecular weight is 178 g/mol. The molecule has 0 aromatic carbocycles. The fraction of sp³-hybridized carbons (Fsp3) is 0.455. The Morgan fingerprint density at radius 3 is 2.77 bits per heavy atom. The predicted octanol–water partition coefficient (Wildman–Crippen LogP) is 2.04. The molecule has 0 radical (unpaired) electrons.